The summed E-state index contributed by atoms with van der Waals surface area (Å²) in [5, 5.41) is 8.88. The average molecular weight is 194 g/mol. The minimum atomic E-state index is 0.168. The second kappa shape index (κ2) is 5.66. The zero-order valence-electron chi connectivity index (χ0n) is 8.86. The van der Waals surface area contributed by atoms with Crippen LogP contribution >= 0.6 is 0 Å². The van der Waals surface area contributed by atoms with Crippen LogP contribution in [0.15, 0.2) is 24.3 Å². The van der Waals surface area contributed by atoms with Crippen LogP contribution in [0.1, 0.15) is 25.8 Å². The molecule has 0 aromatic heterocycles. The third-order valence-corrected chi connectivity index (χ3v) is 2.26. The van der Waals surface area contributed by atoms with Crippen LogP contribution in [0.25, 0.3) is 0 Å². The van der Waals surface area contributed by atoms with Crippen molar-refractivity contribution in [1.29, 1.82) is 0 Å². The number of hydrogen-bond donors (Lipinski definition) is 1. The van der Waals surface area contributed by atoms with Crippen molar-refractivity contribution in [3.05, 3.63) is 29.8 Å². The molecular formula is C12H18O2. The lowest BCUT2D eigenvalue weighted by atomic mass is 10.1. The van der Waals surface area contributed by atoms with Gasteiger partial charge in [0.25, 0.3) is 0 Å². The van der Waals surface area contributed by atoms with Crippen LogP contribution in [-0.4, -0.2) is 17.8 Å². The first-order valence-electron chi connectivity index (χ1n) is 5.13. The third kappa shape index (κ3) is 3.04. The molecule has 0 heterocycles. The van der Waals surface area contributed by atoms with Gasteiger partial charge in [0, 0.05) is 6.61 Å². The maximum atomic E-state index is 8.88. The fourth-order valence-corrected chi connectivity index (χ4v) is 1.25. The number of hydrogen-bond acceptors (Lipinski definition) is 2. The molecule has 1 atom stereocenters. The summed E-state index contributed by atoms with van der Waals surface area (Å²) in [6, 6.07) is 7.87. The summed E-state index contributed by atoms with van der Waals surface area (Å²) in [6.45, 7) is 4.32. The van der Waals surface area contributed by atoms with Crippen molar-refractivity contribution >= 4 is 0 Å². The van der Waals surface area contributed by atoms with Crippen molar-refractivity contribution in [3.63, 3.8) is 0 Å². The molecule has 0 aliphatic rings. The standard InChI is InChI=1S/C12H18O2/c1-3-10(2)14-12-7-5-4-6-11(12)8-9-13/h4-7,10,13H,3,8-9H2,1-2H3. The van der Waals surface area contributed by atoms with Crippen LogP contribution < -0.4 is 4.74 Å². The van der Waals surface area contributed by atoms with Crippen molar-refractivity contribution in [1.82, 2.24) is 0 Å². The van der Waals surface area contributed by atoms with Crippen LogP contribution in [0.5, 0.6) is 5.75 Å². The molecule has 0 saturated heterocycles. The van der Waals surface area contributed by atoms with Gasteiger partial charge in [0.2, 0.25) is 0 Å². The molecule has 0 bridgehead atoms. The van der Waals surface area contributed by atoms with Gasteiger partial charge in [-0.1, -0.05) is 25.1 Å². The minimum Gasteiger partial charge on any atom is -0.490 e. The molecule has 78 valence electrons. The molecule has 2 heteroatoms. The van der Waals surface area contributed by atoms with Gasteiger partial charge in [0.05, 0.1) is 6.10 Å². The third-order valence-electron chi connectivity index (χ3n) is 2.26. The highest BCUT2D eigenvalue weighted by molar-refractivity contribution is 5.33. The molecule has 1 aromatic rings. The van der Waals surface area contributed by atoms with Crippen molar-refractivity contribution in [3.8, 4) is 5.75 Å². The van der Waals surface area contributed by atoms with Crippen LogP contribution in [0.3, 0.4) is 0 Å². The topological polar surface area (TPSA) is 29.5 Å². The van der Waals surface area contributed by atoms with E-state index in [1.807, 2.05) is 24.3 Å². The average Bonchev–Trinajstić information content (AvgIpc) is 2.21. The van der Waals surface area contributed by atoms with E-state index in [2.05, 4.69) is 13.8 Å². The van der Waals surface area contributed by atoms with Crippen LogP contribution in [0.4, 0.5) is 0 Å². The number of rotatable bonds is 5. The van der Waals surface area contributed by atoms with Crippen molar-refractivity contribution < 1.29 is 9.84 Å². The number of aliphatic hydroxyl groups excluding tert-OH is 1. The maximum Gasteiger partial charge on any atom is 0.122 e. The Balaban J connectivity index is 2.73. The van der Waals surface area contributed by atoms with E-state index in [9.17, 15) is 0 Å². The molecular weight excluding hydrogens is 176 g/mol. The first-order chi connectivity index (χ1) is 6.77. The molecule has 0 aliphatic carbocycles. The smallest absolute Gasteiger partial charge is 0.122 e. The van der Waals surface area contributed by atoms with Crippen molar-refractivity contribution in [2.24, 2.45) is 0 Å². The molecule has 0 aliphatic heterocycles. The first kappa shape index (κ1) is 11.1. The van der Waals surface area contributed by atoms with Crippen molar-refractivity contribution in [2.45, 2.75) is 32.8 Å². The molecule has 2 nitrogen and oxygen atoms in total. The van der Waals surface area contributed by atoms with Gasteiger partial charge in [0.15, 0.2) is 0 Å². The molecule has 1 aromatic carbocycles. The van der Waals surface area contributed by atoms with Crippen molar-refractivity contribution in [2.75, 3.05) is 6.61 Å². The number of para-hydroxylation sites is 1. The van der Waals surface area contributed by atoms with Gasteiger partial charge in [-0.15, -0.1) is 0 Å². The van der Waals surface area contributed by atoms with E-state index < -0.39 is 0 Å². The van der Waals surface area contributed by atoms with Gasteiger partial charge in [-0.3, -0.25) is 0 Å². The fraction of sp³-hybridized carbons (Fsp3) is 0.500. The highest BCUT2D eigenvalue weighted by Gasteiger charge is 2.05. The second-order valence-electron chi connectivity index (χ2n) is 3.42. The summed E-state index contributed by atoms with van der Waals surface area (Å²) >= 11 is 0. The highest BCUT2D eigenvalue weighted by atomic mass is 16.5. The molecule has 0 saturated carbocycles. The number of benzene rings is 1. The Hall–Kier alpha value is -1.02. The summed E-state index contributed by atoms with van der Waals surface area (Å²) in [5.41, 5.74) is 1.08. The van der Waals surface area contributed by atoms with E-state index in [1.54, 1.807) is 0 Å². The molecule has 1 N–H and O–H groups in total. The van der Waals surface area contributed by atoms with Gasteiger partial charge in [0.1, 0.15) is 5.75 Å². The molecule has 1 unspecified atom stereocenters. The fourth-order valence-electron chi connectivity index (χ4n) is 1.25. The molecule has 0 amide bonds. The second-order valence-corrected chi connectivity index (χ2v) is 3.42. The van der Waals surface area contributed by atoms with E-state index in [-0.39, 0.29) is 12.7 Å². The van der Waals surface area contributed by atoms with Gasteiger partial charge in [-0.25, -0.2) is 0 Å². The van der Waals surface area contributed by atoms with Crippen LogP contribution in [0.2, 0.25) is 0 Å². The summed E-state index contributed by atoms with van der Waals surface area (Å²) in [5.74, 6) is 0.899. The molecule has 0 radical (unpaired) electrons. The predicted molar refractivity (Wildman–Crippen MR) is 57.6 cm³/mol. The summed E-state index contributed by atoms with van der Waals surface area (Å²) in [4.78, 5) is 0. The normalized spacial score (nSPS) is 12.5. The minimum absolute atomic E-state index is 0.168. The Morgan fingerprint density at radius 2 is 2.07 bits per heavy atom. The lowest BCUT2D eigenvalue weighted by Gasteiger charge is -2.15. The lowest BCUT2D eigenvalue weighted by Crippen LogP contribution is -2.11. The van der Waals surface area contributed by atoms with E-state index in [4.69, 9.17) is 9.84 Å². The SMILES string of the molecule is CCC(C)Oc1ccccc1CCO. The number of ether oxygens (including phenoxy) is 1. The van der Waals surface area contributed by atoms with E-state index >= 15 is 0 Å². The monoisotopic (exact) mass is 194 g/mol. The van der Waals surface area contributed by atoms with Gasteiger partial charge in [-0.05, 0) is 31.4 Å². The zero-order valence-corrected chi connectivity index (χ0v) is 8.86. The number of aliphatic hydroxyl groups is 1. The van der Waals surface area contributed by atoms with E-state index in [1.165, 1.54) is 0 Å². The predicted octanol–water partition coefficient (Wildman–Crippen LogP) is 2.40. The van der Waals surface area contributed by atoms with Gasteiger partial charge < -0.3 is 9.84 Å². The van der Waals surface area contributed by atoms with Gasteiger partial charge in [-0.2, -0.15) is 0 Å². The summed E-state index contributed by atoms with van der Waals surface area (Å²) in [7, 11) is 0. The van der Waals surface area contributed by atoms with Gasteiger partial charge >= 0.3 is 0 Å². The molecule has 1 rings (SSSR count). The van der Waals surface area contributed by atoms with E-state index in [0.29, 0.717) is 6.42 Å². The highest BCUT2D eigenvalue weighted by Crippen LogP contribution is 2.20. The summed E-state index contributed by atoms with van der Waals surface area (Å²) < 4.78 is 5.74. The first-order valence-corrected chi connectivity index (χ1v) is 5.13. The molecule has 0 fully saturated rings. The Morgan fingerprint density at radius 3 is 2.71 bits per heavy atom. The lowest BCUT2D eigenvalue weighted by molar-refractivity contribution is 0.213. The van der Waals surface area contributed by atoms with E-state index in [0.717, 1.165) is 17.7 Å². The Morgan fingerprint density at radius 1 is 1.36 bits per heavy atom. The Labute approximate surface area is 85.5 Å². The Bertz CT molecular complexity index is 271. The maximum absolute atomic E-state index is 8.88. The zero-order chi connectivity index (χ0) is 10.4. The quantitative estimate of drug-likeness (QED) is 0.780. The molecule has 14 heavy (non-hydrogen) atoms. The summed E-state index contributed by atoms with van der Waals surface area (Å²) in [6.07, 6.45) is 1.88. The molecule has 0 spiro atoms. The Kier molecular flexibility index (Phi) is 4.47. The van der Waals surface area contributed by atoms with Crippen LogP contribution in [-0.2, 0) is 6.42 Å². The van der Waals surface area contributed by atoms with Crippen LogP contribution in [0, 0.1) is 0 Å². The largest absolute Gasteiger partial charge is 0.490 e.